The molecule has 0 aliphatic carbocycles. The van der Waals surface area contributed by atoms with Crippen molar-refractivity contribution in [3.8, 4) is 6.07 Å². The molecule has 0 unspecified atom stereocenters. The molecule has 2 heterocycles. The van der Waals surface area contributed by atoms with Crippen molar-refractivity contribution >= 4 is 11.5 Å². The van der Waals surface area contributed by atoms with Crippen molar-refractivity contribution in [1.82, 2.24) is 4.98 Å². The smallest absolute Gasteiger partial charge is 0.368 e. The fraction of sp³-hybridized carbons (Fsp3) is 0.368. The van der Waals surface area contributed by atoms with Gasteiger partial charge in [-0.15, -0.1) is 0 Å². The summed E-state index contributed by atoms with van der Waals surface area (Å²) >= 11 is 0. The second-order valence-electron chi connectivity index (χ2n) is 6.41. The van der Waals surface area contributed by atoms with Crippen LogP contribution in [0.2, 0.25) is 0 Å². The molecule has 0 bridgehead atoms. The largest absolute Gasteiger partial charge is 0.416 e. The molecule has 0 radical (unpaired) electrons. The zero-order valence-corrected chi connectivity index (χ0v) is 14.6. The Kier molecular flexibility index (Phi) is 4.77. The zero-order chi connectivity index (χ0) is 18.9. The molecule has 0 N–H and O–H groups in total. The summed E-state index contributed by atoms with van der Waals surface area (Å²) in [5, 5.41) is 9.42. The van der Waals surface area contributed by atoms with Crippen LogP contribution < -0.4 is 9.80 Å². The van der Waals surface area contributed by atoms with Crippen molar-refractivity contribution in [1.29, 1.82) is 5.26 Å². The average molecular weight is 360 g/mol. The summed E-state index contributed by atoms with van der Waals surface area (Å²) in [5.41, 5.74) is 2.21. The molecule has 1 fully saturated rings. The topological polar surface area (TPSA) is 43.2 Å². The minimum atomic E-state index is -4.34. The molecule has 1 aliphatic rings. The lowest BCUT2D eigenvalue weighted by molar-refractivity contribution is -0.137. The first-order chi connectivity index (χ1) is 12.3. The van der Waals surface area contributed by atoms with Gasteiger partial charge in [-0.25, -0.2) is 4.98 Å². The second-order valence-corrected chi connectivity index (χ2v) is 6.41. The van der Waals surface area contributed by atoms with Gasteiger partial charge in [-0.05, 0) is 43.7 Å². The fourth-order valence-corrected chi connectivity index (χ4v) is 3.24. The van der Waals surface area contributed by atoms with Gasteiger partial charge in [0.25, 0.3) is 0 Å². The summed E-state index contributed by atoms with van der Waals surface area (Å²) in [5.74, 6) is 0.661. The maximum absolute atomic E-state index is 12.9. The molecule has 1 aromatic carbocycles. The van der Waals surface area contributed by atoms with Gasteiger partial charge >= 0.3 is 6.18 Å². The Hall–Kier alpha value is -2.75. The zero-order valence-electron chi connectivity index (χ0n) is 14.6. The molecule has 4 nitrogen and oxygen atoms in total. The highest BCUT2D eigenvalue weighted by Crippen LogP contribution is 2.32. The quantitative estimate of drug-likeness (QED) is 0.814. The molecule has 136 valence electrons. The summed E-state index contributed by atoms with van der Waals surface area (Å²) in [6, 6.07) is 9.49. The Bertz CT molecular complexity index is 847. The molecule has 1 aliphatic heterocycles. The van der Waals surface area contributed by atoms with Gasteiger partial charge in [-0.2, -0.15) is 18.4 Å². The van der Waals surface area contributed by atoms with E-state index in [0.29, 0.717) is 43.2 Å². The van der Waals surface area contributed by atoms with Crippen molar-refractivity contribution in [2.24, 2.45) is 0 Å². The van der Waals surface area contributed by atoms with E-state index >= 15 is 0 Å². The summed E-state index contributed by atoms with van der Waals surface area (Å²) in [6.07, 6.45) is -4.34. The predicted molar refractivity (Wildman–Crippen MR) is 94.3 cm³/mol. The summed E-state index contributed by atoms with van der Waals surface area (Å²) in [7, 11) is 0. The molecular formula is C19H19F3N4. The van der Waals surface area contributed by atoms with Crippen molar-refractivity contribution in [2.75, 3.05) is 36.0 Å². The SMILES string of the molecule is Cc1cc(C)c(C#N)c(N2CCN(c3cccc(C(F)(F)F)c3)CC2)n1. The standard InChI is InChI=1S/C19H19F3N4/c1-13-10-14(2)24-18(17(13)12-23)26-8-6-25(7-9-26)16-5-3-4-15(11-16)19(20,21)22/h3-5,10-11H,6-9H2,1-2H3. The number of aromatic nitrogens is 1. The molecule has 0 saturated carbocycles. The molecule has 3 rings (SSSR count). The van der Waals surface area contributed by atoms with E-state index in [0.717, 1.165) is 17.3 Å². The number of benzene rings is 1. The van der Waals surface area contributed by atoms with Crippen LogP contribution in [0.4, 0.5) is 24.7 Å². The van der Waals surface area contributed by atoms with Gasteiger partial charge in [0.1, 0.15) is 11.9 Å². The number of alkyl halides is 3. The van der Waals surface area contributed by atoms with Crippen molar-refractivity contribution in [2.45, 2.75) is 20.0 Å². The number of anilines is 2. The second kappa shape index (κ2) is 6.87. The third-order valence-corrected chi connectivity index (χ3v) is 4.56. The number of hydrogen-bond acceptors (Lipinski definition) is 4. The van der Waals surface area contributed by atoms with E-state index in [9.17, 15) is 18.4 Å². The number of hydrogen-bond donors (Lipinski definition) is 0. The Labute approximate surface area is 150 Å². The normalized spacial score (nSPS) is 15.1. The lowest BCUT2D eigenvalue weighted by atomic mass is 10.1. The van der Waals surface area contributed by atoms with Gasteiger partial charge < -0.3 is 9.80 Å². The van der Waals surface area contributed by atoms with Crippen molar-refractivity contribution in [3.63, 3.8) is 0 Å². The van der Waals surface area contributed by atoms with Crippen LogP contribution in [0.5, 0.6) is 0 Å². The van der Waals surface area contributed by atoms with Crippen LogP contribution in [0.15, 0.2) is 30.3 Å². The first-order valence-electron chi connectivity index (χ1n) is 8.35. The molecule has 26 heavy (non-hydrogen) atoms. The van der Waals surface area contributed by atoms with Gasteiger partial charge in [0.05, 0.1) is 11.1 Å². The van der Waals surface area contributed by atoms with Crippen LogP contribution in [0.25, 0.3) is 0 Å². The third-order valence-electron chi connectivity index (χ3n) is 4.56. The van der Waals surface area contributed by atoms with Crippen molar-refractivity contribution < 1.29 is 13.2 Å². The molecule has 7 heteroatoms. The number of nitriles is 1. The first kappa shape index (κ1) is 18.1. The first-order valence-corrected chi connectivity index (χ1v) is 8.35. The molecule has 1 aromatic heterocycles. The number of aryl methyl sites for hydroxylation is 2. The van der Waals surface area contributed by atoms with E-state index in [4.69, 9.17) is 0 Å². The summed E-state index contributed by atoms with van der Waals surface area (Å²) < 4.78 is 38.7. The van der Waals surface area contributed by atoms with E-state index in [1.807, 2.05) is 29.7 Å². The van der Waals surface area contributed by atoms with E-state index in [2.05, 4.69) is 11.1 Å². The monoisotopic (exact) mass is 360 g/mol. The van der Waals surface area contributed by atoms with Crippen molar-refractivity contribution in [3.05, 3.63) is 52.7 Å². The van der Waals surface area contributed by atoms with E-state index < -0.39 is 11.7 Å². The number of pyridine rings is 1. The molecule has 1 saturated heterocycles. The van der Waals surface area contributed by atoms with Crippen LogP contribution in [0.1, 0.15) is 22.4 Å². The molecule has 2 aromatic rings. The minimum absolute atomic E-state index is 0.558. The lowest BCUT2D eigenvalue weighted by Gasteiger charge is -2.37. The van der Waals surface area contributed by atoms with E-state index in [1.54, 1.807) is 6.07 Å². The highest BCUT2D eigenvalue weighted by molar-refractivity contribution is 5.59. The number of piperazine rings is 1. The Morgan fingerprint density at radius 3 is 2.31 bits per heavy atom. The maximum Gasteiger partial charge on any atom is 0.416 e. The lowest BCUT2D eigenvalue weighted by Crippen LogP contribution is -2.47. The van der Waals surface area contributed by atoms with Gasteiger partial charge in [-0.3, -0.25) is 0 Å². The highest BCUT2D eigenvalue weighted by atomic mass is 19.4. The van der Waals surface area contributed by atoms with Gasteiger partial charge in [0.15, 0.2) is 0 Å². The van der Waals surface area contributed by atoms with E-state index in [1.165, 1.54) is 12.1 Å². The third kappa shape index (κ3) is 3.59. The van der Waals surface area contributed by atoms with Crippen LogP contribution in [-0.4, -0.2) is 31.2 Å². The number of nitrogens with zero attached hydrogens (tertiary/aromatic N) is 4. The fourth-order valence-electron chi connectivity index (χ4n) is 3.24. The number of halogens is 3. The van der Waals surface area contributed by atoms with Crippen LogP contribution in [0.3, 0.4) is 0 Å². The summed E-state index contributed by atoms with van der Waals surface area (Å²) in [6.45, 7) is 6.11. The molecular weight excluding hydrogens is 341 g/mol. The highest BCUT2D eigenvalue weighted by Gasteiger charge is 2.31. The summed E-state index contributed by atoms with van der Waals surface area (Å²) in [4.78, 5) is 8.47. The van der Waals surface area contributed by atoms with Crippen LogP contribution >= 0.6 is 0 Å². The van der Waals surface area contributed by atoms with Crippen LogP contribution in [0, 0.1) is 25.2 Å². The van der Waals surface area contributed by atoms with Gasteiger partial charge in [0.2, 0.25) is 0 Å². The van der Waals surface area contributed by atoms with Gasteiger partial charge in [0, 0.05) is 37.6 Å². The van der Waals surface area contributed by atoms with Gasteiger partial charge in [-0.1, -0.05) is 6.07 Å². The molecule has 0 spiro atoms. The number of rotatable bonds is 2. The Balaban J connectivity index is 1.78. The van der Waals surface area contributed by atoms with Crippen LogP contribution in [-0.2, 0) is 6.18 Å². The predicted octanol–water partition coefficient (Wildman–Crippen LogP) is 3.92. The Morgan fingerprint density at radius 2 is 1.69 bits per heavy atom. The molecule has 0 atom stereocenters. The maximum atomic E-state index is 12.9. The van der Waals surface area contributed by atoms with E-state index in [-0.39, 0.29) is 0 Å². The molecule has 0 amide bonds. The Morgan fingerprint density at radius 1 is 1.04 bits per heavy atom. The average Bonchev–Trinajstić information content (AvgIpc) is 2.61. The minimum Gasteiger partial charge on any atom is -0.368 e.